The van der Waals surface area contributed by atoms with Gasteiger partial charge in [0, 0.05) is 10.8 Å². The van der Waals surface area contributed by atoms with E-state index in [0.717, 1.165) is 10.7 Å². The molecule has 0 unspecified atom stereocenters. The van der Waals surface area contributed by atoms with E-state index in [0.29, 0.717) is 17.9 Å². The summed E-state index contributed by atoms with van der Waals surface area (Å²) in [4.78, 5) is 4.57. The van der Waals surface area contributed by atoms with Crippen LogP contribution >= 0.6 is 11.3 Å². The molecular weight excluding hydrogens is 286 g/mol. The van der Waals surface area contributed by atoms with Gasteiger partial charge in [-0.1, -0.05) is 38.1 Å². The first-order valence-corrected chi connectivity index (χ1v) is 7.44. The Morgan fingerprint density at radius 2 is 2.10 bits per heavy atom. The van der Waals surface area contributed by atoms with Crippen LogP contribution in [0.4, 0.5) is 0 Å². The van der Waals surface area contributed by atoms with Crippen molar-refractivity contribution in [1.82, 2.24) is 4.98 Å². The molecule has 3 N–H and O–H groups in total. The Bertz CT molecular complexity index is 644. The number of amidine groups is 1. The summed E-state index contributed by atoms with van der Waals surface area (Å²) in [5, 5.41) is 14.7. The Balaban J connectivity index is 2.12. The van der Waals surface area contributed by atoms with Crippen LogP contribution in [0.3, 0.4) is 0 Å². The first-order chi connectivity index (χ1) is 9.91. The van der Waals surface area contributed by atoms with Gasteiger partial charge in [0.25, 0.3) is 0 Å². The van der Waals surface area contributed by atoms with E-state index in [2.05, 4.69) is 30.9 Å². The van der Waals surface area contributed by atoms with Crippen LogP contribution in [0.25, 0.3) is 0 Å². The van der Waals surface area contributed by atoms with Crippen LogP contribution < -0.4 is 10.5 Å². The van der Waals surface area contributed by atoms with E-state index in [1.54, 1.807) is 29.5 Å². The summed E-state index contributed by atoms with van der Waals surface area (Å²) in [7, 11) is 0. The predicted octanol–water partition coefficient (Wildman–Crippen LogP) is 3.11. The van der Waals surface area contributed by atoms with Gasteiger partial charge in [0.15, 0.2) is 5.84 Å². The van der Waals surface area contributed by atoms with Crippen molar-refractivity contribution < 1.29 is 9.94 Å². The number of benzene rings is 1. The van der Waals surface area contributed by atoms with Crippen molar-refractivity contribution >= 4 is 17.2 Å². The van der Waals surface area contributed by atoms with Gasteiger partial charge in [-0.15, -0.1) is 11.3 Å². The average Bonchev–Trinajstić information content (AvgIpc) is 2.93. The quantitative estimate of drug-likeness (QED) is 0.393. The molecule has 6 heteroatoms. The molecular formula is C15H19N3O2S. The number of aromatic nitrogens is 1. The highest BCUT2D eigenvalue weighted by molar-refractivity contribution is 7.09. The number of hydrogen-bond donors (Lipinski definition) is 2. The summed E-state index contributed by atoms with van der Waals surface area (Å²) in [6.07, 6.45) is 0. The number of hydrogen-bond acceptors (Lipinski definition) is 5. The first kappa shape index (κ1) is 15.3. The first-order valence-electron chi connectivity index (χ1n) is 6.56. The molecule has 0 bridgehead atoms. The van der Waals surface area contributed by atoms with Gasteiger partial charge in [-0.25, -0.2) is 4.98 Å². The van der Waals surface area contributed by atoms with Gasteiger partial charge in [-0.3, -0.25) is 0 Å². The summed E-state index contributed by atoms with van der Waals surface area (Å²) in [5.41, 5.74) is 7.27. The Kier molecular flexibility index (Phi) is 4.47. The smallest absolute Gasteiger partial charge is 0.173 e. The fourth-order valence-electron chi connectivity index (χ4n) is 1.72. The minimum atomic E-state index is 0.0279. The average molecular weight is 305 g/mol. The van der Waals surface area contributed by atoms with Crippen molar-refractivity contribution in [2.75, 3.05) is 0 Å². The summed E-state index contributed by atoms with van der Waals surface area (Å²) >= 11 is 1.57. The molecule has 0 spiro atoms. The molecule has 5 nitrogen and oxygen atoms in total. The number of para-hydroxylation sites is 1. The maximum atomic E-state index is 8.79. The molecule has 0 saturated carbocycles. The number of nitrogens with two attached hydrogens (primary N) is 1. The maximum absolute atomic E-state index is 8.79. The van der Waals surface area contributed by atoms with E-state index in [4.69, 9.17) is 15.7 Å². The van der Waals surface area contributed by atoms with Crippen molar-refractivity contribution in [2.24, 2.45) is 10.9 Å². The van der Waals surface area contributed by atoms with E-state index in [9.17, 15) is 0 Å². The molecule has 1 heterocycles. The Morgan fingerprint density at radius 3 is 2.71 bits per heavy atom. The number of rotatable bonds is 4. The lowest BCUT2D eigenvalue weighted by atomic mass is 9.93. The van der Waals surface area contributed by atoms with Gasteiger partial charge >= 0.3 is 0 Å². The van der Waals surface area contributed by atoms with E-state index >= 15 is 0 Å². The molecule has 0 fully saturated rings. The highest BCUT2D eigenvalue weighted by Gasteiger charge is 2.17. The van der Waals surface area contributed by atoms with Crippen molar-refractivity contribution in [1.29, 1.82) is 0 Å². The number of nitrogens with zero attached hydrogens (tertiary/aromatic N) is 2. The minimum Gasteiger partial charge on any atom is -0.486 e. The maximum Gasteiger partial charge on any atom is 0.173 e. The third-order valence-electron chi connectivity index (χ3n) is 2.94. The van der Waals surface area contributed by atoms with Crippen LogP contribution in [0.15, 0.2) is 34.8 Å². The van der Waals surface area contributed by atoms with Crippen LogP contribution in [0, 0.1) is 0 Å². The van der Waals surface area contributed by atoms with Gasteiger partial charge in [-0.05, 0) is 12.1 Å². The largest absolute Gasteiger partial charge is 0.486 e. The Morgan fingerprint density at radius 1 is 1.38 bits per heavy atom. The molecule has 2 rings (SSSR count). The highest BCUT2D eigenvalue weighted by Crippen LogP contribution is 2.25. The van der Waals surface area contributed by atoms with Crippen LogP contribution in [0.1, 0.15) is 37.0 Å². The van der Waals surface area contributed by atoms with Crippen molar-refractivity contribution in [3.8, 4) is 5.75 Å². The van der Waals surface area contributed by atoms with Crippen LogP contribution in [0.5, 0.6) is 5.75 Å². The zero-order valence-electron chi connectivity index (χ0n) is 12.3. The van der Waals surface area contributed by atoms with Gasteiger partial charge in [0.05, 0.1) is 11.3 Å². The molecule has 0 aliphatic rings. The zero-order chi connectivity index (χ0) is 15.5. The van der Waals surface area contributed by atoms with Gasteiger partial charge in [0.2, 0.25) is 0 Å². The molecule has 1 aromatic heterocycles. The summed E-state index contributed by atoms with van der Waals surface area (Å²) < 4.78 is 5.75. The molecule has 0 saturated heterocycles. The molecule has 2 aromatic rings. The fraction of sp³-hybridized carbons (Fsp3) is 0.333. The van der Waals surface area contributed by atoms with Crippen molar-refractivity contribution in [3.05, 3.63) is 45.9 Å². The molecule has 0 aliphatic carbocycles. The predicted molar refractivity (Wildman–Crippen MR) is 84.1 cm³/mol. The van der Waals surface area contributed by atoms with Crippen LogP contribution in [0.2, 0.25) is 0 Å². The summed E-state index contributed by atoms with van der Waals surface area (Å²) in [5.74, 6) is 0.598. The van der Waals surface area contributed by atoms with Crippen molar-refractivity contribution in [3.63, 3.8) is 0 Å². The lowest BCUT2D eigenvalue weighted by molar-refractivity contribution is 0.302. The minimum absolute atomic E-state index is 0.0279. The number of thiazole rings is 1. The Hall–Kier alpha value is -2.08. The molecule has 21 heavy (non-hydrogen) atoms. The molecule has 112 valence electrons. The second-order valence-corrected chi connectivity index (χ2v) is 6.59. The number of oxime groups is 1. The van der Waals surface area contributed by atoms with E-state index in [1.165, 1.54) is 0 Å². The highest BCUT2D eigenvalue weighted by atomic mass is 32.1. The second-order valence-electron chi connectivity index (χ2n) is 5.65. The van der Waals surface area contributed by atoms with E-state index in [1.807, 2.05) is 11.4 Å². The van der Waals surface area contributed by atoms with Gasteiger partial charge in [0.1, 0.15) is 17.4 Å². The normalized spacial score (nSPS) is 12.4. The molecule has 0 radical (unpaired) electrons. The summed E-state index contributed by atoms with van der Waals surface area (Å²) in [6, 6.07) is 7.17. The molecule has 0 amide bonds. The molecule has 0 aliphatic heterocycles. The second kappa shape index (κ2) is 6.13. The van der Waals surface area contributed by atoms with E-state index < -0.39 is 0 Å². The monoisotopic (exact) mass is 305 g/mol. The third kappa shape index (κ3) is 3.72. The molecule has 1 aromatic carbocycles. The van der Waals surface area contributed by atoms with Crippen LogP contribution in [-0.4, -0.2) is 16.0 Å². The zero-order valence-corrected chi connectivity index (χ0v) is 13.1. The van der Waals surface area contributed by atoms with E-state index in [-0.39, 0.29) is 11.3 Å². The lowest BCUT2D eigenvalue weighted by Gasteiger charge is -2.14. The standard InChI is InChI=1S/C15H19N3O2S/c1-15(2,3)12-9-21-13(17-12)8-20-11-7-5-4-6-10(11)14(16)18-19/h4-7,9,19H,8H2,1-3H3,(H2,16,18). The van der Waals surface area contributed by atoms with Gasteiger partial charge in [-0.2, -0.15) is 0 Å². The van der Waals surface area contributed by atoms with Crippen molar-refractivity contribution in [2.45, 2.75) is 32.8 Å². The third-order valence-corrected chi connectivity index (χ3v) is 3.76. The summed E-state index contributed by atoms with van der Waals surface area (Å²) in [6.45, 7) is 6.73. The SMILES string of the molecule is CC(C)(C)c1csc(COc2ccccc2/C(N)=N/O)n1. The fourth-order valence-corrected chi connectivity index (χ4v) is 2.65. The van der Waals surface area contributed by atoms with Gasteiger partial charge < -0.3 is 15.7 Å². The molecule has 0 atom stereocenters. The van der Waals surface area contributed by atoms with Crippen LogP contribution in [-0.2, 0) is 12.0 Å². The topological polar surface area (TPSA) is 80.7 Å². The number of ether oxygens (including phenoxy) is 1. The lowest BCUT2D eigenvalue weighted by Crippen LogP contribution is -2.15. The Labute approximate surface area is 128 Å².